The van der Waals surface area contributed by atoms with Crippen LogP contribution in [0.25, 0.3) is 0 Å². The highest BCUT2D eigenvalue weighted by atomic mass is 79.9. The zero-order valence-corrected chi connectivity index (χ0v) is 12.5. The molecule has 20 heavy (non-hydrogen) atoms. The minimum Gasteiger partial charge on any atom is -0.335 e. The van der Waals surface area contributed by atoms with Crippen molar-refractivity contribution in [1.29, 1.82) is 0 Å². The average molecular weight is 335 g/mol. The molecule has 0 spiro atoms. The number of hydrogen-bond acceptors (Lipinski definition) is 3. The number of imidazole rings is 1. The zero-order valence-electron chi connectivity index (χ0n) is 10.9. The van der Waals surface area contributed by atoms with Crippen LogP contribution in [0.4, 0.5) is 0 Å². The number of likely N-dealkylation sites (tertiary alicyclic amines) is 1. The van der Waals surface area contributed by atoms with E-state index < -0.39 is 0 Å². The van der Waals surface area contributed by atoms with Gasteiger partial charge in [0, 0.05) is 36.2 Å². The summed E-state index contributed by atoms with van der Waals surface area (Å²) in [6.07, 6.45) is 9.29. The SMILES string of the molecule is O=C(c1ccc(Br)cn1)N1CCC[C@H](n2ccnc2)C1. The molecule has 2 aromatic rings. The number of carbonyl (C=O) groups is 1. The smallest absolute Gasteiger partial charge is 0.272 e. The van der Waals surface area contributed by atoms with Gasteiger partial charge in [-0.15, -0.1) is 0 Å². The minimum atomic E-state index is 0.00214. The molecule has 0 unspecified atom stereocenters. The number of nitrogens with zero attached hydrogens (tertiary/aromatic N) is 4. The fourth-order valence-corrected chi connectivity index (χ4v) is 2.77. The summed E-state index contributed by atoms with van der Waals surface area (Å²) in [6, 6.07) is 3.91. The van der Waals surface area contributed by atoms with Crippen molar-refractivity contribution in [2.75, 3.05) is 13.1 Å². The monoisotopic (exact) mass is 334 g/mol. The lowest BCUT2D eigenvalue weighted by molar-refractivity contribution is 0.0673. The molecule has 2 aromatic heterocycles. The predicted molar refractivity (Wildman–Crippen MR) is 78.3 cm³/mol. The number of aromatic nitrogens is 3. The third kappa shape index (κ3) is 2.75. The van der Waals surface area contributed by atoms with Crippen molar-refractivity contribution in [1.82, 2.24) is 19.4 Å². The molecule has 0 radical (unpaired) electrons. The Labute approximate surface area is 125 Å². The van der Waals surface area contributed by atoms with Gasteiger partial charge in [0.05, 0.1) is 12.4 Å². The largest absolute Gasteiger partial charge is 0.335 e. The van der Waals surface area contributed by atoms with Gasteiger partial charge >= 0.3 is 0 Å². The lowest BCUT2D eigenvalue weighted by Crippen LogP contribution is -2.40. The molecule has 1 amide bonds. The standard InChI is InChI=1S/C14H15BrN4O/c15-11-3-4-13(17-8-11)14(20)18-6-1-2-12(9-18)19-7-5-16-10-19/h3-5,7-8,10,12H,1-2,6,9H2/t12-/m0/s1. The van der Waals surface area contributed by atoms with Crippen molar-refractivity contribution in [2.45, 2.75) is 18.9 Å². The van der Waals surface area contributed by atoms with E-state index in [9.17, 15) is 4.79 Å². The van der Waals surface area contributed by atoms with E-state index in [0.29, 0.717) is 18.3 Å². The molecule has 1 atom stereocenters. The topological polar surface area (TPSA) is 51.0 Å². The Morgan fingerprint density at radius 2 is 2.30 bits per heavy atom. The number of piperidine rings is 1. The van der Waals surface area contributed by atoms with E-state index in [2.05, 4.69) is 30.5 Å². The molecule has 6 heteroatoms. The molecule has 0 saturated carbocycles. The summed E-state index contributed by atoms with van der Waals surface area (Å²) >= 11 is 3.33. The molecule has 0 bridgehead atoms. The van der Waals surface area contributed by atoms with Crippen molar-refractivity contribution in [2.24, 2.45) is 0 Å². The van der Waals surface area contributed by atoms with Gasteiger partial charge in [-0.05, 0) is 40.9 Å². The van der Waals surface area contributed by atoms with E-state index in [0.717, 1.165) is 23.9 Å². The van der Waals surface area contributed by atoms with Gasteiger partial charge in [0.1, 0.15) is 5.69 Å². The Kier molecular flexibility index (Phi) is 3.82. The summed E-state index contributed by atoms with van der Waals surface area (Å²) in [5.74, 6) is 0.00214. The van der Waals surface area contributed by atoms with E-state index in [1.54, 1.807) is 18.5 Å². The Morgan fingerprint density at radius 3 is 3.00 bits per heavy atom. The second-order valence-electron chi connectivity index (χ2n) is 4.92. The summed E-state index contributed by atoms with van der Waals surface area (Å²) in [5, 5.41) is 0. The van der Waals surface area contributed by atoms with Crippen LogP contribution in [0.3, 0.4) is 0 Å². The van der Waals surface area contributed by atoms with Gasteiger partial charge in [-0.25, -0.2) is 9.97 Å². The highest BCUT2D eigenvalue weighted by Gasteiger charge is 2.25. The summed E-state index contributed by atoms with van der Waals surface area (Å²) < 4.78 is 2.96. The summed E-state index contributed by atoms with van der Waals surface area (Å²) in [7, 11) is 0. The number of hydrogen-bond donors (Lipinski definition) is 0. The van der Waals surface area contributed by atoms with Crippen molar-refractivity contribution in [3.8, 4) is 0 Å². The van der Waals surface area contributed by atoms with Gasteiger partial charge in [-0.2, -0.15) is 0 Å². The van der Waals surface area contributed by atoms with E-state index in [1.165, 1.54) is 0 Å². The third-order valence-corrected chi connectivity index (χ3v) is 4.05. The van der Waals surface area contributed by atoms with Crippen LogP contribution in [-0.4, -0.2) is 38.4 Å². The van der Waals surface area contributed by atoms with Gasteiger partial charge in [0.15, 0.2) is 0 Å². The van der Waals surface area contributed by atoms with Crippen molar-refractivity contribution in [3.63, 3.8) is 0 Å². The fourth-order valence-electron chi connectivity index (χ4n) is 2.53. The van der Waals surface area contributed by atoms with E-state index in [4.69, 9.17) is 0 Å². The maximum Gasteiger partial charge on any atom is 0.272 e. The number of rotatable bonds is 2. The second kappa shape index (κ2) is 5.75. The van der Waals surface area contributed by atoms with Crippen molar-refractivity contribution >= 4 is 21.8 Å². The highest BCUT2D eigenvalue weighted by Crippen LogP contribution is 2.22. The molecule has 3 rings (SSSR count). The molecule has 1 saturated heterocycles. The van der Waals surface area contributed by atoms with Gasteiger partial charge in [0.25, 0.3) is 5.91 Å². The predicted octanol–water partition coefficient (Wildman–Crippen LogP) is 2.52. The van der Waals surface area contributed by atoms with Crippen LogP contribution in [0.2, 0.25) is 0 Å². The highest BCUT2D eigenvalue weighted by molar-refractivity contribution is 9.10. The van der Waals surface area contributed by atoms with Gasteiger partial charge in [0.2, 0.25) is 0 Å². The fraction of sp³-hybridized carbons (Fsp3) is 0.357. The van der Waals surface area contributed by atoms with Crippen LogP contribution in [0.15, 0.2) is 41.5 Å². The van der Waals surface area contributed by atoms with Crippen LogP contribution in [-0.2, 0) is 0 Å². The van der Waals surface area contributed by atoms with Crippen LogP contribution >= 0.6 is 15.9 Å². The first-order valence-electron chi connectivity index (χ1n) is 6.62. The normalized spacial score (nSPS) is 19.1. The Morgan fingerprint density at radius 1 is 1.40 bits per heavy atom. The molecule has 104 valence electrons. The lowest BCUT2D eigenvalue weighted by Gasteiger charge is -2.33. The van der Waals surface area contributed by atoms with E-state index in [-0.39, 0.29) is 5.91 Å². The second-order valence-corrected chi connectivity index (χ2v) is 5.83. The summed E-state index contributed by atoms with van der Waals surface area (Å²) in [6.45, 7) is 1.51. The molecule has 1 aliphatic heterocycles. The zero-order chi connectivity index (χ0) is 13.9. The maximum absolute atomic E-state index is 12.4. The molecule has 5 nitrogen and oxygen atoms in total. The van der Waals surface area contributed by atoms with Crippen LogP contribution < -0.4 is 0 Å². The molecule has 0 aliphatic carbocycles. The van der Waals surface area contributed by atoms with E-state index in [1.807, 2.05) is 23.5 Å². The van der Waals surface area contributed by atoms with Crippen molar-refractivity contribution < 1.29 is 4.79 Å². The molecule has 1 aliphatic rings. The van der Waals surface area contributed by atoms with Crippen molar-refractivity contribution in [3.05, 3.63) is 47.2 Å². The Bertz CT molecular complexity index is 582. The molecule has 3 heterocycles. The first-order valence-corrected chi connectivity index (χ1v) is 7.41. The number of amides is 1. The lowest BCUT2D eigenvalue weighted by atomic mass is 10.1. The average Bonchev–Trinajstić information content (AvgIpc) is 3.02. The first-order chi connectivity index (χ1) is 9.74. The van der Waals surface area contributed by atoms with E-state index >= 15 is 0 Å². The molecular formula is C14H15BrN4O. The number of pyridine rings is 1. The maximum atomic E-state index is 12.4. The molecule has 1 fully saturated rings. The molecule has 0 N–H and O–H groups in total. The minimum absolute atomic E-state index is 0.00214. The third-order valence-electron chi connectivity index (χ3n) is 3.58. The summed E-state index contributed by atoms with van der Waals surface area (Å²) in [4.78, 5) is 22.6. The summed E-state index contributed by atoms with van der Waals surface area (Å²) in [5.41, 5.74) is 0.500. The van der Waals surface area contributed by atoms with Crippen LogP contribution in [0, 0.1) is 0 Å². The van der Waals surface area contributed by atoms with Gasteiger partial charge in [-0.1, -0.05) is 0 Å². The van der Waals surface area contributed by atoms with Crippen LogP contribution in [0.1, 0.15) is 29.4 Å². The Hall–Kier alpha value is -1.69. The number of halogens is 1. The quantitative estimate of drug-likeness (QED) is 0.847. The number of carbonyl (C=O) groups excluding carboxylic acids is 1. The van der Waals surface area contributed by atoms with Gasteiger partial charge in [-0.3, -0.25) is 4.79 Å². The first kappa shape index (κ1) is 13.3. The Balaban J connectivity index is 1.73. The van der Waals surface area contributed by atoms with Crippen LogP contribution in [0.5, 0.6) is 0 Å². The van der Waals surface area contributed by atoms with Gasteiger partial charge < -0.3 is 9.47 Å². The molecule has 0 aromatic carbocycles. The molecular weight excluding hydrogens is 320 g/mol.